The lowest BCUT2D eigenvalue weighted by molar-refractivity contribution is -0.385. The monoisotopic (exact) mass is 264 g/mol. The van der Waals surface area contributed by atoms with E-state index in [2.05, 4.69) is 4.90 Å². The van der Waals surface area contributed by atoms with E-state index >= 15 is 0 Å². The van der Waals surface area contributed by atoms with E-state index in [9.17, 15) is 15.2 Å². The van der Waals surface area contributed by atoms with E-state index in [0.29, 0.717) is 13.1 Å². The summed E-state index contributed by atoms with van der Waals surface area (Å²) in [5, 5.41) is 21.0. The summed E-state index contributed by atoms with van der Waals surface area (Å²) in [6.07, 6.45) is 1.78. The van der Waals surface area contributed by atoms with E-state index in [1.807, 2.05) is 13.0 Å². The van der Waals surface area contributed by atoms with Crippen molar-refractivity contribution in [3.63, 3.8) is 0 Å². The SMILES string of the molecule is Cc1c(CN2CCCC(C)(O)C2)cccc1[N+](=O)[O-]. The van der Waals surface area contributed by atoms with Crippen LogP contribution in [0.25, 0.3) is 0 Å². The minimum atomic E-state index is -0.646. The number of rotatable bonds is 3. The molecule has 0 aliphatic carbocycles. The largest absolute Gasteiger partial charge is 0.389 e. The number of benzene rings is 1. The van der Waals surface area contributed by atoms with Gasteiger partial charge in [0.2, 0.25) is 0 Å². The van der Waals surface area contributed by atoms with Gasteiger partial charge in [-0.25, -0.2) is 0 Å². The van der Waals surface area contributed by atoms with E-state index in [1.165, 1.54) is 6.07 Å². The van der Waals surface area contributed by atoms with Crippen LogP contribution < -0.4 is 0 Å². The Hall–Kier alpha value is -1.46. The normalized spacial score (nSPS) is 24.4. The second-order valence-electron chi connectivity index (χ2n) is 5.63. The Labute approximate surface area is 113 Å². The van der Waals surface area contributed by atoms with E-state index in [0.717, 1.165) is 30.5 Å². The van der Waals surface area contributed by atoms with Crippen LogP contribution in [0.2, 0.25) is 0 Å². The molecule has 0 aromatic heterocycles. The zero-order chi connectivity index (χ0) is 14.0. The van der Waals surface area contributed by atoms with Gasteiger partial charge in [0.05, 0.1) is 10.5 Å². The molecular formula is C14H20N2O3. The molecule has 0 bridgehead atoms. The van der Waals surface area contributed by atoms with Crippen molar-refractivity contribution in [2.24, 2.45) is 0 Å². The quantitative estimate of drug-likeness (QED) is 0.671. The number of nitro benzene ring substituents is 1. The van der Waals surface area contributed by atoms with Gasteiger partial charge in [0.25, 0.3) is 5.69 Å². The van der Waals surface area contributed by atoms with Gasteiger partial charge in [-0.3, -0.25) is 15.0 Å². The fourth-order valence-corrected chi connectivity index (χ4v) is 2.74. The van der Waals surface area contributed by atoms with Crippen LogP contribution in [0.1, 0.15) is 30.9 Å². The molecule has 1 aliphatic rings. The maximum absolute atomic E-state index is 10.9. The van der Waals surface area contributed by atoms with Crippen LogP contribution in [-0.2, 0) is 6.54 Å². The Bertz CT molecular complexity index is 486. The average molecular weight is 264 g/mol. The molecule has 1 aromatic rings. The molecule has 2 rings (SSSR count). The van der Waals surface area contributed by atoms with E-state index in [4.69, 9.17) is 0 Å². The summed E-state index contributed by atoms with van der Waals surface area (Å²) < 4.78 is 0. The third-order valence-electron chi connectivity index (χ3n) is 3.76. The Morgan fingerprint density at radius 1 is 1.53 bits per heavy atom. The van der Waals surface area contributed by atoms with Gasteiger partial charge < -0.3 is 5.11 Å². The number of aliphatic hydroxyl groups is 1. The highest BCUT2D eigenvalue weighted by molar-refractivity contribution is 5.44. The van der Waals surface area contributed by atoms with Crippen molar-refractivity contribution in [3.05, 3.63) is 39.4 Å². The van der Waals surface area contributed by atoms with Crippen molar-refractivity contribution < 1.29 is 10.0 Å². The van der Waals surface area contributed by atoms with Gasteiger partial charge in [-0.2, -0.15) is 0 Å². The van der Waals surface area contributed by atoms with Gasteiger partial charge in [0, 0.05) is 24.7 Å². The van der Waals surface area contributed by atoms with Crippen LogP contribution in [0.15, 0.2) is 18.2 Å². The van der Waals surface area contributed by atoms with Crippen molar-refractivity contribution in [3.8, 4) is 0 Å². The molecule has 0 radical (unpaired) electrons. The Balaban J connectivity index is 2.15. The number of β-amino-alcohol motifs (C(OH)–C–C–N with tert-alkyl or cyclic N) is 1. The van der Waals surface area contributed by atoms with Crippen molar-refractivity contribution in [2.45, 2.75) is 38.8 Å². The summed E-state index contributed by atoms with van der Waals surface area (Å²) in [7, 11) is 0. The minimum Gasteiger partial charge on any atom is -0.389 e. The second kappa shape index (κ2) is 5.27. The summed E-state index contributed by atoms with van der Waals surface area (Å²) in [6.45, 7) is 5.84. The van der Waals surface area contributed by atoms with E-state index in [1.54, 1.807) is 13.0 Å². The molecule has 5 nitrogen and oxygen atoms in total. The summed E-state index contributed by atoms with van der Waals surface area (Å²) in [6, 6.07) is 5.18. The lowest BCUT2D eigenvalue weighted by atomic mass is 9.94. The van der Waals surface area contributed by atoms with Crippen LogP contribution >= 0.6 is 0 Å². The first-order valence-electron chi connectivity index (χ1n) is 6.57. The summed E-state index contributed by atoms with van der Waals surface area (Å²) in [4.78, 5) is 12.7. The van der Waals surface area contributed by atoms with Crippen LogP contribution in [0, 0.1) is 17.0 Å². The molecule has 0 spiro atoms. The van der Waals surface area contributed by atoms with Gasteiger partial charge in [-0.05, 0) is 38.8 Å². The molecule has 1 aliphatic heterocycles. The van der Waals surface area contributed by atoms with Gasteiger partial charge in [0.15, 0.2) is 0 Å². The molecule has 1 N–H and O–H groups in total. The van der Waals surface area contributed by atoms with Gasteiger partial charge >= 0.3 is 0 Å². The molecule has 1 atom stereocenters. The second-order valence-corrected chi connectivity index (χ2v) is 5.63. The van der Waals surface area contributed by atoms with Gasteiger partial charge in [-0.1, -0.05) is 12.1 Å². The first-order valence-corrected chi connectivity index (χ1v) is 6.57. The Morgan fingerprint density at radius 3 is 2.89 bits per heavy atom. The first kappa shape index (κ1) is 14.0. The summed E-state index contributed by atoms with van der Waals surface area (Å²) in [5.74, 6) is 0. The third kappa shape index (κ3) is 3.30. The minimum absolute atomic E-state index is 0.168. The van der Waals surface area contributed by atoms with Crippen LogP contribution in [0.3, 0.4) is 0 Å². The fraction of sp³-hybridized carbons (Fsp3) is 0.571. The predicted molar refractivity (Wildman–Crippen MR) is 73.0 cm³/mol. The van der Waals surface area contributed by atoms with Crippen LogP contribution in [-0.4, -0.2) is 33.6 Å². The molecular weight excluding hydrogens is 244 g/mol. The van der Waals surface area contributed by atoms with Crippen LogP contribution in [0.4, 0.5) is 5.69 Å². The highest BCUT2D eigenvalue weighted by Gasteiger charge is 2.28. The molecule has 104 valence electrons. The molecule has 1 saturated heterocycles. The maximum Gasteiger partial charge on any atom is 0.272 e. The topological polar surface area (TPSA) is 66.6 Å². The number of nitro groups is 1. The predicted octanol–water partition coefficient (Wildman–Crippen LogP) is 2.25. The van der Waals surface area contributed by atoms with Crippen molar-refractivity contribution >= 4 is 5.69 Å². The third-order valence-corrected chi connectivity index (χ3v) is 3.76. The Kier molecular flexibility index (Phi) is 3.87. The van der Waals surface area contributed by atoms with E-state index in [-0.39, 0.29) is 10.6 Å². The average Bonchev–Trinajstić information content (AvgIpc) is 2.30. The molecule has 1 heterocycles. The molecule has 1 aromatic carbocycles. The number of likely N-dealkylation sites (tertiary alicyclic amines) is 1. The van der Waals surface area contributed by atoms with Crippen molar-refractivity contribution in [1.82, 2.24) is 4.90 Å². The molecule has 0 saturated carbocycles. The van der Waals surface area contributed by atoms with Gasteiger partial charge in [0.1, 0.15) is 0 Å². The Morgan fingerprint density at radius 2 is 2.26 bits per heavy atom. The number of hydrogen-bond donors (Lipinski definition) is 1. The molecule has 1 fully saturated rings. The lowest BCUT2D eigenvalue weighted by Gasteiger charge is -2.37. The highest BCUT2D eigenvalue weighted by atomic mass is 16.6. The molecule has 19 heavy (non-hydrogen) atoms. The summed E-state index contributed by atoms with van der Waals surface area (Å²) >= 11 is 0. The van der Waals surface area contributed by atoms with Crippen molar-refractivity contribution in [1.29, 1.82) is 0 Å². The maximum atomic E-state index is 10.9. The highest BCUT2D eigenvalue weighted by Crippen LogP contribution is 2.25. The zero-order valence-electron chi connectivity index (χ0n) is 11.4. The van der Waals surface area contributed by atoms with E-state index < -0.39 is 5.60 Å². The molecule has 5 heteroatoms. The molecule has 1 unspecified atom stereocenters. The van der Waals surface area contributed by atoms with Gasteiger partial charge in [-0.15, -0.1) is 0 Å². The fourth-order valence-electron chi connectivity index (χ4n) is 2.74. The smallest absolute Gasteiger partial charge is 0.272 e. The lowest BCUT2D eigenvalue weighted by Crippen LogP contribution is -2.45. The number of hydrogen-bond acceptors (Lipinski definition) is 4. The standard InChI is InChI=1S/C14H20N2O3/c1-11-12(5-3-6-13(11)16(18)19)9-15-8-4-7-14(2,17)10-15/h3,5-6,17H,4,7-10H2,1-2H3. The number of nitrogens with zero attached hydrogens (tertiary/aromatic N) is 2. The van der Waals surface area contributed by atoms with Crippen LogP contribution in [0.5, 0.6) is 0 Å². The van der Waals surface area contributed by atoms with Crippen molar-refractivity contribution in [2.75, 3.05) is 13.1 Å². The zero-order valence-corrected chi connectivity index (χ0v) is 11.4. The first-order chi connectivity index (χ1) is 8.89. The molecule has 0 amide bonds. The summed E-state index contributed by atoms with van der Waals surface area (Å²) in [5.41, 5.74) is 1.21. The number of piperidine rings is 1.